The Morgan fingerprint density at radius 2 is 1.72 bits per heavy atom. The van der Waals surface area contributed by atoms with Gasteiger partial charge in [-0.3, -0.25) is 9.79 Å². The molecular formula is C18H40IN5O. The Hall–Kier alpha value is -0.570. The number of nitrogens with zero attached hydrogens (tertiary/aromatic N) is 2. The van der Waals surface area contributed by atoms with Crippen LogP contribution in [0.1, 0.15) is 60.3 Å². The maximum atomic E-state index is 11.8. The fourth-order valence-electron chi connectivity index (χ4n) is 2.40. The van der Waals surface area contributed by atoms with Gasteiger partial charge in [-0.15, -0.1) is 24.0 Å². The number of rotatable bonds is 12. The molecule has 2 atom stereocenters. The van der Waals surface area contributed by atoms with E-state index in [1.165, 1.54) is 6.42 Å². The van der Waals surface area contributed by atoms with E-state index in [9.17, 15) is 4.79 Å². The van der Waals surface area contributed by atoms with Gasteiger partial charge in [-0.05, 0) is 52.7 Å². The summed E-state index contributed by atoms with van der Waals surface area (Å²) in [5.74, 6) is 0.848. The molecule has 0 radical (unpaired) electrons. The van der Waals surface area contributed by atoms with Crippen molar-refractivity contribution in [3.05, 3.63) is 0 Å². The summed E-state index contributed by atoms with van der Waals surface area (Å²) in [6, 6.07) is 0.599. The molecule has 0 aliphatic carbocycles. The number of nitrogens with one attached hydrogen (secondary N) is 3. The third kappa shape index (κ3) is 14.3. The van der Waals surface area contributed by atoms with Crippen LogP contribution in [0.3, 0.4) is 0 Å². The number of aliphatic imine (C=N–C) groups is 1. The predicted octanol–water partition coefficient (Wildman–Crippen LogP) is 2.58. The Labute approximate surface area is 172 Å². The van der Waals surface area contributed by atoms with Crippen LogP contribution in [0.15, 0.2) is 4.99 Å². The maximum Gasteiger partial charge on any atom is 0.221 e. The van der Waals surface area contributed by atoms with Crippen LogP contribution in [-0.2, 0) is 4.79 Å². The van der Waals surface area contributed by atoms with Gasteiger partial charge in [-0.1, -0.05) is 20.8 Å². The topological polar surface area (TPSA) is 68.8 Å². The second kappa shape index (κ2) is 16.9. The molecule has 0 aromatic heterocycles. The standard InChI is InChI=1S/C18H39N5O.HI/c1-7-15(4)21-17(24)12-13-20-18(19-6)22-16(5)11-10-14-23(8-2)9-3;/h15-16H,7-14H2,1-6H3,(H,21,24)(H2,19,20,22);1H. The first-order valence-electron chi connectivity index (χ1n) is 9.45. The minimum Gasteiger partial charge on any atom is -0.356 e. The molecule has 150 valence electrons. The van der Waals surface area contributed by atoms with Crippen molar-refractivity contribution in [2.24, 2.45) is 4.99 Å². The van der Waals surface area contributed by atoms with Crippen molar-refractivity contribution in [1.82, 2.24) is 20.9 Å². The second-order valence-electron chi connectivity index (χ2n) is 6.34. The molecule has 2 unspecified atom stereocenters. The van der Waals surface area contributed by atoms with Crippen molar-refractivity contribution in [1.29, 1.82) is 0 Å². The number of halogens is 1. The summed E-state index contributed by atoms with van der Waals surface area (Å²) < 4.78 is 0. The summed E-state index contributed by atoms with van der Waals surface area (Å²) in [5, 5.41) is 9.57. The second-order valence-corrected chi connectivity index (χ2v) is 6.34. The smallest absolute Gasteiger partial charge is 0.221 e. The van der Waals surface area contributed by atoms with E-state index in [0.29, 0.717) is 19.0 Å². The highest BCUT2D eigenvalue weighted by molar-refractivity contribution is 14.0. The van der Waals surface area contributed by atoms with E-state index < -0.39 is 0 Å². The average molecular weight is 469 g/mol. The zero-order chi connectivity index (χ0) is 18.4. The summed E-state index contributed by atoms with van der Waals surface area (Å²) in [6.45, 7) is 14.6. The lowest BCUT2D eigenvalue weighted by atomic mass is 10.2. The van der Waals surface area contributed by atoms with Gasteiger partial charge in [0, 0.05) is 32.1 Å². The lowest BCUT2D eigenvalue weighted by Crippen LogP contribution is -2.44. The molecule has 0 aliphatic heterocycles. The molecule has 0 saturated carbocycles. The first-order chi connectivity index (χ1) is 11.5. The Morgan fingerprint density at radius 3 is 2.24 bits per heavy atom. The van der Waals surface area contributed by atoms with Gasteiger partial charge in [0.25, 0.3) is 0 Å². The van der Waals surface area contributed by atoms with Crippen molar-refractivity contribution in [2.75, 3.05) is 33.2 Å². The highest BCUT2D eigenvalue weighted by Gasteiger charge is 2.08. The van der Waals surface area contributed by atoms with Gasteiger partial charge in [0.2, 0.25) is 5.91 Å². The van der Waals surface area contributed by atoms with Crippen LogP contribution in [0.5, 0.6) is 0 Å². The molecule has 0 fully saturated rings. The Morgan fingerprint density at radius 1 is 1.08 bits per heavy atom. The van der Waals surface area contributed by atoms with E-state index in [4.69, 9.17) is 0 Å². The highest BCUT2D eigenvalue weighted by atomic mass is 127. The van der Waals surface area contributed by atoms with Crippen LogP contribution in [0.2, 0.25) is 0 Å². The number of carbonyl (C=O) groups excluding carboxylic acids is 1. The van der Waals surface area contributed by atoms with Crippen molar-refractivity contribution < 1.29 is 4.79 Å². The quantitative estimate of drug-likeness (QED) is 0.234. The molecule has 7 heteroatoms. The molecule has 1 amide bonds. The average Bonchev–Trinajstić information content (AvgIpc) is 2.57. The first kappa shape index (κ1) is 26.7. The number of hydrogen-bond acceptors (Lipinski definition) is 3. The molecule has 0 spiro atoms. The van der Waals surface area contributed by atoms with Crippen molar-refractivity contribution in [3.63, 3.8) is 0 Å². The predicted molar refractivity (Wildman–Crippen MR) is 119 cm³/mol. The third-order valence-electron chi connectivity index (χ3n) is 4.28. The third-order valence-corrected chi connectivity index (χ3v) is 4.28. The molecule has 0 aliphatic rings. The molecule has 6 nitrogen and oxygen atoms in total. The van der Waals surface area contributed by atoms with E-state index in [1.807, 2.05) is 6.92 Å². The molecule has 0 aromatic carbocycles. The molecular weight excluding hydrogens is 429 g/mol. The van der Waals surface area contributed by atoms with E-state index in [2.05, 4.69) is 53.5 Å². The zero-order valence-corrected chi connectivity index (χ0v) is 19.4. The minimum absolute atomic E-state index is 0. The summed E-state index contributed by atoms with van der Waals surface area (Å²) in [7, 11) is 1.76. The SMILES string of the molecule is CCC(C)NC(=O)CCNC(=NC)NC(C)CCCN(CC)CC.I. The Balaban J connectivity index is 0. The van der Waals surface area contributed by atoms with Crippen LogP contribution < -0.4 is 16.0 Å². The van der Waals surface area contributed by atoms with Gasteiger partial charge in [0.15, 0.2) is 5.96 Å². The lowest BCUT2D eigenvalue weighted by molar-refractivity contribution is -0.121. The van der Waals surface area contributed by atoms with Crippen molar-refractivity contribution in [3.8, 4) is 0 Å². The molecule has 3 N–H and O–H groups in total. The summed E-state index contributed by atoms with van der Waals surface area (Å²) in [4.78, 5) is 18.4. The fourth-order valence-corrected chi connectivity index (χ4v) is 2.40. The van der Waals surface area contributed by atoms with Gasteiger partial charge >= 0.3 is 0 Å². The summed E-state index contributed by atoms with van der Waals surface area (Å²) in [5.41, 5.74) is 0. The molecule has 0 aromatic rings. The first-order valence-corrected chi connectivity index (χ1v) is 9.45. The molecule has 0 heterocycles. The van der Waals surface area contributed by atoms with Gasteiger partial charge in [-0.2, -0.15) is 0 Å². The summed E-state index contributed by atoms with van der Waals surface area (Å²) >= 11 is 0. The van der Waals surface area contributed by atoms with Crippen LogP contribution in [0.25, 0.3) is 0 Å². The largest absolute Gasteiger partial charge is 0.356 e. The number of guanidine groups is 1. The van der Waals surface area contributed by atoms with E-state index in [-0.39, 0.29) is 35.9 Å². The normalized spacial score (nSPS) is 13.8. The van der Waals surface area contributed by atoms with Gasteiger partial charge in [0.1, 0.15) is 0 Å². The van der Waals surface area contributed by atoms with Crippen LogP contribution in [0.4, 0.5) is 0 Å². The maximum absolute atomic E-state index is 11.8. The van der Waals surface area contributed by atoms with Gasteiger partial charge in [-0.25, -0.2) is 0 Å². The van der Waals surface area contributed by atoms with Gasteiger partial charge < -0.3 is 20.9 Å². The monoisotopic (exact) mass is 469 g/mol. The van der Waals surface area contributed by atoms with E-state index in [1.54, 1.807) is 7.05 Å². The Bertz CT molecular complexity index is 361. The highest BCUT2D eigenvalue weighted by Crippen LogP contribution is 1.99. The van der Waals surface area contributed by atoms with Gasteiger partial charge in [0.05, 0.1) is 0 Å². The van der Waals surface area contributed by atoms with Crippen molar-refractivity contribution in [2.45, 2.75) is 72.4 Å². The number of hydrogen-bond donors (Lipinski definition) is 3. The number of carbonyl (C=O) groups is 1. The minimum atomic E-state index is 0. The van der Waals surface area contributed by atoms with Crippen LogP contribution in [-0.4, -0.2) is 62.1 Å². The molecule has 25 heavy (non-hydrogen) atoms. The number of amides is 1. The van der Waals surface area contributed by atoms with E-state index >= 15 is 0 Å². The molecule has 0 saturated heterocycles. The van der Waals surface area contributed by atoms with E-state index in [0.717, 1.165) is 38.4 Å². The van der Waals surface area contributed by atoms with Crippen LogP contribution >= 0.6 is 24.0 Å². The fraction of sp³-hybridized carbons (Fsp3) is 0.889. The molecule has 0 bridgehead atoms. The summed E-state index contributed by atoms with van der Waals surface area (Å²) in [6.07, 6.45) is 3.69. The Kier molecular flexibility index (Phi) is 18.0. The van der Waals surface area contributed by atoms with Crippen LogP contribution in [0, 0.1) is 0 Å². The zero-order valence-electron chi connectivity index (χ0n) is 17.0. The van der Waals surface area contributed by atoms with Crippen molar-refractivity contribution >= 4 is 35.8 Å². The molecule has 0 rings (SSSR count). The lowest BCUT2D eigenvalue weighted by Gasteiger charge is -2.21.